The van der Waals surface area contributed by atoms with E-state index in [2.05, 4.69) is 64.1 Å². The molecule has 0 aromatic heterocycles. The van der Waals surface area contributed by atoms with Crippen molar-refractivity contribution in [2.24, 2.45) is 0 Å². The van der Waals surface area contributed by atoms with Crippen LogP contribution in [-0.2, 0) is 9.31 Å². The number of hydrogen-bond donors (Lipinski definition) is 0. The zero-order valence-electron chi connectivity index (χ0n) is 14.4. The van der Waals surface area contributed by atoms with Crippen LogP contribution in [-0.4, -0.2) is 25.4 Å². The monoisotopic (exact) mass is 310 g/mol. The molecule has 0 spiro atoms. The SMILES string of the molecule is COc1ccc(-c2ccc(B3OC(C)(C)C(C)(C)O3)cc2)cc1. The second kappa shape index (κ2) is 5.70. The van der Waals surface area contributed by atoms with Gasteiger partial charge in [0, 0.05) is 0 Å². The van der Waals surface area contributed by atoms with E-state index in [9.17, 15) is 0 Å². The Morgan fingerprint density at radius 3 is 1.61 bits per heavy atom. The lowest BCUT2D eigenvalue weighted by atomic mass is 9.78. The van der Waals surface area contributed by atoms with Gasteiger partial charge in [-0.05, 0) is 56.4 Å². The van der Waals surface area contributed by atoms with Gasteiger partial charge in [0.1, 0.15) is 5.75 Å². The van der Waals surface area contributed by atoms with Crippen LogP contribution in [0.3, 0.4) is 0 Å². The van der Waals surface area contributed by atoms with E-state index in [0.29, 0.717) is 0 Å². The lowest BCUT2D eigenvalue weighted by Gasteiger charge is -2.32. The highest BCUT2D eigenvalue weighted by atomic mass is 16.7. The van der Waals surface area contributed by atoms with Crippen LogP contribution in [0, 0.1) is 0 Å². The lowest BCUT2D eigenvalue weighted by Crippen LogP contribution is -2.41. The van der Waals surface area contributed by atoms with Crippen LogP contribution in [0.25, 0.3) is 11.1 Å². The van der Waals surface area contributed by atoms with E-state index in [1.807, 2.05) is 12.1 Å². The molecule has 3 nitrogen and oxygen atoms in total. The Balaban J connectivity index is 1.80. The summed E-state index contributed by atoms with van der Waals surface area (Å²) in [5.41, 5.74) is 2.73. The van der Waals surface area contributed by atoms with E-state index in [0.717, 1.165) is 22.3 Å². The molecule has 3 rings (SSSR count). The van der Waals surface area contributed by atoms with Crippen molar-refractivity contribution in [3.8, 4) is 16.9 Å². The fraction of sp³-hybridized carbons (Fsp3) is 0.368. The van der Waals surface area contributed by atoms with Gasteiger partial charge in [-0.1, -0.05) is 36.4 Å². The molecule has 0 saturated carbocycles. The molecule has 0 bridgehead atoms. The van der Waals surface area contributed by atoms with E-state index in [4.69, 9.17) is 14.0 Å². The maximum absolute atomic E-state index is 6.09. The Kier molecular flexibility index (Phi) is 3.99. The van der Waals surface area contributed by atoms with Crippen molar-refractivity contribution in [2.45, 2.75) is 38.9 Å². The summed E-state index contributed by atoms with van der Waals surface area (Å²) in [6.45, 7) is 8.27. The first kappa shape index (κ1) is 16.1. The number of hydrogen-bond acceptors (Lipinski definition) is 3. The molecule has 0 unspecified atom stereocenters. The van der Waals surface area contributed by atoms with E-state index < -0.39 is 0 Å². The molecule has 1 aliphatic rings. The van der Waals surface area contributed by atoms with Crippen LogP contribution in [0.4, 0.5) is 0 Å². The first-order chi connectivity index (χ1) is 10.8. The molecule has 2 aromatic carbocycles. The van der Waals surface area contributed by atoms with Crippen LogP contribution in [0.2, 0.25) is 0 Å². The summed E-state index contributed by atoms with van der Waals surface area (Å²) < 4.78 is 17.4. The summed E-state index contributed by atoms with van der Waals surface area (Å²) in [5, 5.41) is 0. The second-order valence-electron chi connectivity index (χ2n) is 6.94. The average molecular weight is 310 g/mol. The van der Waals surface area contributed by atoms with Gasteiger partial charge in [-0.15, -0.1) is 0 Å². The Bertz CT molecular complexity index is 659. The van der Waals surface area contributed by atoms with Crippen molar-refractivity contribution >= 4 is 12.6 Å². The maximum Gasteiger partial charge on any atom is 0.494 e. The fourth-order valence-electron chi connectivity index (χ4n) is 2.60. The average Bonchev–Trinajstić information content (AvgIpc) is 2.76. The number of rotatable bonds is 3. The Labute approximate surface area is 138 Å². The Morgan fingerprint density at radius 1 is 0.739 bits per heavy atom. The molecule has 1 heterocycles. The predicted molar refractivity (Wildman–Crippen MR) is 94.1 cm³/mol. The molecule has 0 amide bonds. The normalized spacial score (nSPS) is 18.9. The zero-order valence-corrected chi connectivity index (χ0v) is 14.4. The maximum atomic E-state index is 6.09. The topological polar surface area (TPSA) is 27.7 Å². The summed E-state index contributed by atoms with van der Waals surface area (Å²) >= 11 is 0. The first-order valence-corrected chi connectivity index (χ1v) is 7.92. The minimum absolute atomic E-state index is 0.313. The lowest BCUT2D eigenvalue weighted by molar-refractivity contribution is 0.00578. The van der Waals surface area contributed by atoms with Crippen LogP contribution in [0.5, 0.6) is 5.75 Å². The summed E-state index contributed by atoms with van der Waals surface area (Å²) in [5.74, 6) is 0.864. The molecule has 0 radical (unpaired) electrons. The summed E-state index contributed by atoms with van der Waals surface area (Å²) in [4.78, 5) is 0. The van der Waals surface area contributed by atoms with Crippen molar-refractivity contribution in [1.82, 2.24) is 0 Å². The van der Waals surface area contributed by atoms with Gasteiger partial charge in [0.15, 0.2) is 0 Å². The molecule has 1 saturated heterocycles. The van der Waals surface area contributed by atoms with Crippen molar-refractivity contribution in [1.29, 1.82) is 0 Å². The fourth-order valence-corrected chi connectivity index (χ4v) is 2.60. The molecular formula is C19H23BO3. The number of benzene rings is 2. The van der Waals surface area contributed by atoms with Gasteiger partial charge in [0.05, 0.1) is 18.3 Å². The molecule has 120 valence electrons. The van der Waals surface area contributed by atoms with Gasteiger partial charge in [-0.2, -0.15) is 0 Å². The smallest absolute Gasteiger partial charge is 0.494 e. The van der Waals surface area contributed by atoms with Crippen LogP contribution in [0.15, 0.2) is 48.5 Å². The molecule has 1 fully saturated rings. The molecule has 1 aliphatic heterocycles. The van der Waals surface area contributed by atoms with Crippen molar-refractivity contribution in [2.75, 3.05) is 7.11 Å². The third-order valence-corrected chi connectivity index (χ3v) is 4.86. The molecule has 2 aromatic rings. The molecule has 23 heavy (non-hydrogen) atoms. The number of ether oxygens (including phenoxy) is 1. The molecule has 0 N–H and O–H groups in total. The molecule has 4 heteroatoms. The van der Waals surface area contributed by atoms with Crippen molar-refractivity contribution in [3.63, 3.8) is 0 Å². The van der Waals surface area contributed by atoms with Gasteiger partial charge in [0.25, 0.3) is 0 Å². The summed E-state index contributed by atoms with van der Waals surface area (Å²) in [7, 11) is 1.36. The van der Waals surface area contributed by atoms with E-state index in [-0.39, 0.29) is 18.3 Å². The third-order valence-electron chi connectivity index (χ3n) is 4.86. The van der Waals surface area contributed by atoms with Crippen molar-refractivity contribution < 1.29 is 14.0 Å². The number of methoxy groups -OCH3 is 1. The van der Waals surface area contributed by atoms with Gasteiger partial charge in [-0.3, -0.25) is 0 Å². The second-order valence-corrected chi connectivity index (χ2v) is 6.94. The predicted octanol–water partition coefficient (Wildman–Crippen LogP) is 3.66. The highest BCUT2D eigenvalue weighted by Crippen LogP contribution is 2.36. The largest absolute Gasteiger partial charge is 0.497 e. The first-order valence-electron chi connectivity index (χ1n) is 7.92. The van der Waals surface area contributed by atoms with Gasteiger partial charge in [-0.25, -0.2) is 0 Å². The van der Waals surface area contributed by atoms with E-state index in [1.54, 1.807) is 7.11 Å². The standard InChI is InChI=1S/C19H23BO3/c1-18(2)19(3,4)23-20(22-18)16-10-6-14(7-11-16)15-8-12-17(21-5)13-9-15/h6-13H,1-5H3. The van der Waals surface area contributed by atoms with Crippen molar-refractivity contribution in [3.05, 3.63) is 48.5 Å². The van der Waals surface area contributed by atoms with Crippen LogP contribution in [0.1, 0.15) is 27.7 Å². The Hall–Kier alpha value is -1.78. The van der Waals surface area contributed by atoms with E-state index >= 15 is 0 Å². The summed E-state index contributed by atoms with van der Waals surface area (Å²) in [6.07, 6.45) is 0. The minimum Gasteiger partial charge on any atom is -0.497 e. The Morgan fingerprint density at radius 2 is 1.17 bits per heavy atom. The van der Waals surface area contributed by atoms with Gasteiger partial charge in [0.2, 0.25) is 0 Å². The third kappa shape index (κ3) is 3.01. The highest BCUT2D eigenvalue weighted by Gasteiger charge is 2.51. The highest BCUT2D eigenvalue weighted by molar-refractivity contribution is 6.62. The van der Waals surface area contributed by atoms with E-state index in [1.165, 1.54) is 0 Å². The molecular weight excluding hydrogens is 287 g/mol. The minimum atomic E-state index is -0.315. The summed E-state index contributed by atoms with van der Waals surface area (Å²) in [6, 6.07) is 16.4. The van der Waals surface area contributed by atoms with Crippen LogP contribution < -0.4 is 10.2 Å². The van der Waals surface area contributed by atoms with Gasteiger partial charge < -0.3 is 14.0 Å². The molecule has 0 aliphatic carbocycles. The van der Waals surface area contributed by atoms with Gasteiger partial charge >= 0.3 is 7.12 Å². The quantitative estimate of drug-likeness (QED) is 0.810. The molecule has 0 atom stereocenters. The zero-order chi connectivity index (χ0) is 16.7. The van der Waals surface area contributed by atoms with Crippen LogP contribution >= 0.6 is 0 Å².